The Morgan fingerprint density at radius 1 is 1.06 bits per heavy atom. The number of hydrogen-bond acceptors (Lipinski definition) is 4. The molecule has 2 aliphatic heterocycles. The van der Waals surface area contributed by atoms with Crippen LogP contribution in [0.5, 0.6) is 5.75 Å². The molecule has 32 heavy (non-hydrogen) atoms. The number of aryl methyl sites for hydroxylation is 2. The van der Waals surface area contributed by atoms with Crippen molar-refractivity contribution in [1.29, 1.82) is 0 Å². The summed E-state index contributed by atoms with van der Waals surface area (Å²) in [6.45, 7) is 7.42. The number of piperidine rings is 1. The summed E-state index contributed by atoms with van der Waals surface area (Å²) < 4.78 is 41.7. The van der Waals surface area contributed by atoms with Gasteiger partial charge in [0.1, 0.15) is 5.75 Å². The molecule has 3 heterocycles. The highest BCUT2D eigenvalue weighted by atomic mass is 19.4. The van der Waals surface area contributed by atoms with Crippen molar-refractivity contribution in [2.24, 2.45) is 0 Å². The van der Waals surface area contributed by atoms with Crippen LogP contribution in [0.1, 0.15) is 47.3 Å². The minimum atomic E-state index is -4.75. The second-order valence-corrected chi connectivity index (χ2v) is 8.63. The minimum absolute atomic E-state index is 0.0203. The van der Waals surface area contributed by atoms with E-state index in [1.165, 1.54) is 31.0 Å². The predicted octanol–water partition coefficient (Wildman–Crippen LogP) is 4.96. The Morgan fingerprint density at radius 3 is 2.38 bits per heavy atom. The van der Waals surface area contributed by atoms with Gasteiger partial charge < -0.3 is 14.5 Å². The van der Waals surface area contributed by atoms with Gasteiger partial charge in [-0.15, -0.1) is 13.2 Å². The fourth-order valence-electron chi connectivity index (χ4n) is 4.85. The number of carbonyl (C=O) groups excluding carboxylic acids is 1. The second kappa shape index (κ2) is 9.10. The van der Waals surface area contributed by atoms with Crippen LogP contribution in [0.25, 0.3) is 11.3 Å². The first-order chi connectivity index (χ1) is 15.2. The number of hydrogen-bond donors (Lipinski definition) is 0. The van der Waals surface area contributed by atoms with Crippen molar-refractivity contribution in [3.05, 3.63) is 47.2 Å². The van der Waals surface area contributed by atoms with Gasteiger partial charge in [0.15, 0.2) is 0 Å². The quantitative estimate of drug-likeness (QED) is 0.664. The maximum Gasteiger partial charge on any atom is 0.573 e. The molecule has 0 radical (unpaired) electrons. The van der Waals surface area contributed by atoms with E-state index in [-0.39, 0.29) is 11.7 Å². The molecule has 0 unspecified atom stereocenters. The van der Waals surface area contributed by atoms with Gasteiger partial charge in [-0.1, -0.05) is 12.1 Å². The molecule has 1 aromatic carbocycles. The van der Waals surface area contributed by atoms with Crippen LogP contribution in [-0.2, 0) is 0 Å². The number of pyridine rings is 1. The number of amides is 1. The molecular weight excluding hydrogens is 419 g/mol. The smallest absolute Gasteiger partial charge is 0.406 e. The molecule has 2 aliphatic rings. The molecule has 1 amide bonds. The minimum Gasteiger partial charge on any atom is -0.406 e. The molecule has 0 saturated carbocycles. The lowest BCUT2D eigenvalue weighted by molar-refractivity contribution is -0.274. The Balaban J connectivity index is 1.49. The van der Waals surface area contributed by atoms with Crippen LogP contribution >= 0.6 is 0 Å². The molecular formula is C24H28F3N3O2. The van der Waals surface area contributed by atoms with Crippen molar-refractivity contribution >= 4 is 5.91 Å². The lowest BCUT2D eigenvalue weighted by Gasteiger charge is -2.37. The number of rotatable bonds is 4. The third-order valence-corrected chi connectivity index (χ3v) is 6.38. The van der Waals surface area contributed by atoms with Gasteiger partial charge >= 0.3 is 6.36 Å². The standard InChI is InChI=1S/C24H28F3N3O2/c1-16-14-21(18-6-5-7-20(15-18)32-24(25,26)27)28-17(2)22(16)23(31)30-12-8-19(9-13-30)29-10-3-4-11-29/h5-7,14-15,19H,3-4,8-13H2,1-2H3. The molecule has 2 fully saturated rings. The van der Waals surface area contributed by atoms with Crippen LogP contribution in [0.4, 0.5) is 13.2 Å². The molecule has 2 aromatic rings. The average Bonchev–Trinajstić information content (AvgIpc) is 3.27. The molecule has 1 aromatic heterocycles. The SMILES string of the molecule is Cc1cc(-c2cccc(OC(F)(F)F)c2)nc(C)c1C(=O)N1CCC(N2CCCC2)CC1. The van der Waals surface area contributed by atoms with Crippen LogP contribution in [0, 0.1) is 13.8 Å². The van der Waals surface area contributed by atoms with E-state index in [2.05, 4.69) is 14.6 Å². The number of ether oxygens (including phenoxy) is 1. The first-order valence-electron chi connectivity index (χ1n) is 11.1. The highest BCUT2D eigenvalue weighted by molar-refractivity contribution is 5.97. The summed E-state index contributed by atoms with van der Waals surface area (Å²) in [6.07, 6.45) is -0.249. The largest absolute Gasteiger partial charge is 0.573 e. The number of carbonyl (C=O) groups is 1. The normalized spacial score (nSPS) is 18.2. The monoisotopic (exact) mass is 447 g/mol. The maximum absolute atomic E-state index is 13.3. The number of nitrogens with zero attached hydrogens (tertiary/aromatic N) is 3. The zero-order valence-electron chi connectivity index (χ0n) is 18.4. The summed E-state index contributed by atoms with van der Waals surface area (Å²) >= 11 is 0. The van der Waals surface area contributed by atoms with Gasteiger partial charge in [-0.25, -0.2) is 0 Å². The van der Waals surface area contributed by atoms with E-state index in [1.54, 1.807) is 19.1 Å². The first-order valence-corrected chi connectivity index (χ1v) is 11.1. The molecule has 0 atom stereocenters. The van der Waals surface area contributed by atoms with E-state index in [0.717, 1.165) is 44.6 Å². The van der Waals surface area contributed by atoms with Gasteiger partial charge in [-0.2, -0.15) is 0 Å². The van der Waals surface area contributed by atoms with Crippen LogP contribution in [0.15, 0.2) is 30.3 Å². The molecule has 0 spiro atoms. The van der Waals surface area contributed by atoms with E-state index in [0.29, 0.717) is 28.6 Å². The summed E-state index contributed by atoms with van der Waals surface area (Å²) in [5.74, 6) is -0.318. The van der Waals surface area contributed by atoms with Crippen LogP contribution < -0.4 is 4.74 Å². The van der Waals surface area contributed by atoms with Crippen molar-refractivity contribution in [3.8, 4) is 17.0 Å². The fraction of sp³-hybridized carbons (Fsp3) is 0.500. The lowest BCUT2D eigenvalue weighted by atomic mass is 9.99. The zero-order chi connectivity index (χ0) is 22.9. The van der Waals surface area contributed by atoms with Crippen molar-refractivity contribution in [1.82, 2.24) is 14.8 Å². The predicted molar refractivity (Wildman–Crippen MR) is 116 cm³/mol. The van der Waals surface area contributed by atoms with Crippen molar-refractivity contribution < 1.29 is 22.7 Å². The van der Waals surface area contributed by atoms with E-state index in [9.17, 15) is 18.0 Å². The fourth-order valence-corrected chi connectivity index (χ4v) is 4.85. The van der Waals surface area contributed by atoms with E-state index in [4.69, 9.17) is 0 Å². The molecule has 0 bridgehead atoms. The molecule has 0 aliphatic carbocycles. The van der Waals surface area contributed by atoms with Gasteiger partial charge in [0.05, 0.1) is 17.0 Å². The second-order valence-electron chi connectivity index (χ2n) is 8.63. The number of aromatic nitrogens is 1. The Kier molecular flexibility index (Phi) is 6.42. The van der Waals surface area contributed by atoms with Crippen molar-refractivity contribution in [2.45, 2.75) is 51.9 Å². The van der Waals surface area contributed by atoms with E-state index < -0.39 is 6.36 Å². The summed E-state index contributed by atoms with van der Waals surface area (Å²) in [4.78, 5) is 22.2. The van der Waals surface area contributed by atoms with E-state index >= 15 is 0 Å². The Labute approximate surface area is 186 Å². The van der Waals surface area contributed by atoms with Crippen molar-refractivity contribution in [3.63, 3.8) is 0 Å². The summed E-state index contributed by atoms with van der Waals surface area (Å²) in [5, 5.41) is 0. The summed E-state index contributed by atoms with van der Waals surface area (Å²) in [7, 11) is 0. The summed E-state index contributed by atoms with van der Waals surface area (Å²) in [6, 6.07) is 8.04. The third-order valence-electron chi connectivity index (χ3n) is 6.38. The maximum atomic E-state index is 13.3. The lowest BCUT2D eigenvalue weighted by Crippen LogP contribution is -2.46. The van der Waals surface area contributed by atoms with Crippen LogP contribution in [0.3, 0.4) is 0 Å². The number of halogens is 3. The van der Waals surface area contributed by atoms with Crippen molar-refractivity contribution in [2.75, 3.05) is 26.2 Å². The molecule has 4 rings (SSSR count). The topological polar surface area (TPSA) is 45.7 Å². The first kappa shape index (κ1) is 22.6. The highest BCUT2D eigenvalue weighted by Gasteiger charge is 2.32. The number of likely N-dealkylation sites (tertiary alicyclic amines) is 2. The number of benzene rings is 1. The van der Waals surface area contributed by atoms with Gasteiger partial charge in [-0.3, -0.25) is 9.78 Å². The van der Waals surface area contributed by atoms with Gasteiger partial charge in [0.2, 0.25) is 0 Å². The zero-order valence-corrected chi connectivity index (χ0v) is 18.4. The van der Waals surface area contributed by atoms with E-state index in [1.807, 2.05) is 11.8 Å². The van der Waals surface area contributed by atoms with Gasteiger partial charge in [0, 0.05) is 24.7 Å². The Morgan fingerprint density at radius 2 is 1.75 bits per heavy atom. The number of alkyl halides is 3. The Hall–Kier alpha value is -2.61. The molecule has 172 valence electrons. The third kappa shape index (κ3) is 5.06. The van der Waals surface area contributed by atoms with Gasteiger partial charge in [-0.05, 0) is 76.4 Å². The van der Waals surface area contributed by atoms with Crippen LogP contribution in [-0.4, -0.2) is 59.3 Å². The Bertz CT molecular complexity index is 956. The van der Waals surface area contributed by atoms with Gasteiger partial charge in [0.25, 0.3) is 5.91 Å². The molecule has 0 N–H and O–H groups in total. The molecule has 2 saturated heterocycles. The van der Waals surface area contributed by atoms with Crippen LogP contribution in [0.2, 0.25) is 0 Å². The summed E-state index contributed by atoms with van der Waals surface area (Å²) in [5.41, 5.74) is 2.94. The molecule has 8 heteroatoms. The average molecular weight is 448 g/mol. The molecule has 5 nitrogen and oxygen atoms in total. The highest BCUT2D eigenvalue weighted by Crippen LogP contribution is 2.29.